The molecule has 5 aliphatic carbocycles. The Morgan fingerprint density at radius 2 is 1.53 bits per heavy atom. The Kier molecular flexibility index (Phi) is 9.48. The monoisotopic (exact) mass is 673 g/mol. The van der Waals surface area contributed by atoms with Crippen LogP contribution in [-0.4, -0.2) is 50.0 Å². The molecule has 0 unspecified atom stereocenters. The van der Waals surface area contributed by atoms with Gasteiger partial charge >= 0.3 is 0 Å². The van der Waals surface area contributed by atoms with Crippen LogP contribution in [0.2, 0.25) is 10.0 Å². The molecule has 0 heterocycles. The van der Waals surface area contributed by atoms with E-state index in [2.05, 4.69) is 17.4 Å². The molecule has 2 amide bonds. The topological polar surface area (TPSA) is 86.8 Å². The van der Waals surface area contributed by atoms with Gasteiger partial charge in [0, 0.05) is 12.6 Å². The fraction of sp³-hybridized carbons (Fsp3) is 0.600. The average molecular weight is 675 g/mol. The van der Waals surface area contributed by atoms with Crippen LogP contribution >= 0.6 is 23.2 Å². The van der Waals surface area contributed by atoms with Crippen LogP contribution < -0.4 is 9.62 Å². The molecule has 5 saturated carbocycles. The highest BCUT2D eigenvalue weighted by Crippen LogP contribution is 2.60. The van der Waals surface area contributed by atoms with Crippen LogP contribution in [0, 0.1) is 17.8 Å². The number of rotatable bonds is 11. The lowest BCUT2D eigenvalue weighted by molar-refractivity contribution is -0.140. The number of nitrogens with one attached hydrogen (secondary N) is 1. The molecule has 7 nitrogen and oxygen atoms in total. The Bertz CT molecular complexity index is 1490. The van der Waals surface area contributed by atoms with Crippen molar-refractivity contribution in [2.24, 2.45) is 17.8 Å². The number of sulfonamides is 1. The summed E-state index contributed by atoms with van der Waals surface area (Å²) in [7, 11) is -3.81. The molecule has 45 heavy (non-hydrogen) atoms. The number of carbonyl (C=O) groups excluding carboxylic acids is 2. The number of halogens is 2. The van der Waals surface area contributed by atoms with E-state index in [1.807, 2.05) is 19.1 Å². The normalized spacial score (nSPS) is 26.5. The van der Waals surface area contributed by atoms with Gasteiger partial charge < -0.3 is 10.2 Å². The molecule has 1 N–H and O–H groups in total. The van der Waals surface area contributed by atoms with E-state index in [9.17, 15) is 18.0 Å². The van der Waals surface area contributed by atoms with E-state index in [-0.39, 0.29) is 23.9 Å². The summed E-state index contributed by atoms with van der Waals surface area (Å²) in [5.74, 6) is 1.74. The molecule has 10 heteroatoms. The van der Waals surface area contributed by atoms with Crippen molar-refractivity contribution < 1.29 is 18.0 Å². The molecule has 1 atom stereocenters. The molecule has 2 aromatic carbocycles. The molecular weight excluding hydrogens is 629 g/mol. The molecule has 0 spiro atoms. The predicted octanol–water partition coefficient (Wildman–Crippen LogP) is 7.09. The first-order chi connectivity index (χ1) is 21.4. The Labute approximate surface area is 278 Å². The molecular formula is C35H45Cl2N3O4S. The zero-order valence-corrected chi connectivity index (χ0v) is 28.6. The van der Waals surface area contributed by atoms with Crippen molar-refractivity contribution >= 4 is 50.7 Å². The highest BCUT2D eigenvalue weighted by Gasteiger charge is 2.51. The van der Waals surface area contributed by atoms with Crippen LogP contribution in [0.1, 0.15) is 88.7 Å². The number of hydrogen-bond donors (Lipinski definition) is 1. The van der Waals surface area contributed by atoms with Gasteiger partial charge in [-0.15, -0.1) is 0 Å². The van der Waals surface area contributed by atoms with Crippen molar-refractivity contribution in [1.29, 1.82) is 0 Å². The molecule has 244 valence electrons. The summed E-state index contributed by atoms with van der Waals surface area (Å²) >= 11 is 12.4. The summed E-state index contributed by atoms with van der Waals surface area (Å²) in [4.78, 5) is 29.2. The van der Waals surface area contributed by atoms with Gasteiger partial charge in [0.2, 0.25) is 21.8 Å². The first kappa shape index (κ1) is 32.6. The van der Waals surface area contributed by atoms with Crippen LogP contribution in [0.5, 0.6) is 0 Å². The zero-order chi connectivity index (χ0) is 31.9. The van der Waals surface area contributed by atoms with Crippen LogP contribution in [0.25, 0.3) is 0 Å². The van der Waals surface area contributed by atoms with Gasteiger partial charge in [-0.1, -0.05) is 61.2 Å². The van der Waals surface area contributed by atoms with E-state index in [0.29, 0.717) is 27.7 Å². The average Bonchev–Trinajstić information content (AvgIpc) is 3.49. The second kappa shape index (κ2) is 13.1. The summed E-state index contributed by atoms with van der Waals surface area (Å²) in [6.07, 6.45) is 13.2. The maximum atomic E-state index is 14.1. The van der Waals surface area contributed by atoms with Crippen molar-refractivity contribution in [3.8, 4) is 0 Å². The van der Waals surface area contributed by atoms with Gasteiger partial charge in [0.15, 0.2) is 0 Å². The number of nitrogens with zero attached hydrogens (tertiary/aromatic N) is 2. The van der Waals surface area contributed by atoms with Gasteiger partial charge in [-0.05, 0) is 116 Å². The second-order valence-electron chi connectivity index (χ2n) is 14.2. The van der Waals surface area contributed by atoms with Gasteiger partial charge in [0.25, 0.3) is 0 Å². The Morgan fingerprint density at radius 1 is 0.933 bits per heavy atom. The van der Waals surface area contributed by atoms with Crippen LogP contribution in [0.4, 0.5) is 5.69 Å². The summed E-state index contributed by atoms with van der Waals surface area (Å²) < 4.78 is 27.5. The van der Waals surface area contributed by atoms with Crippen molar-refractivity contribution in [2.75, 3.05) is 17.1 Å². The Balaban J connectivity index is 1.25. The molecule has 2 aromatic rings. The van der Waals surface area contributed by atoms with Gasteiger partial charge in [0.1, 0.15) is 12.6 Å². The molecule has 7 rings (SSSR count). The number of anilines is 1. The molecule has 0 aromatic heterocycles. The predicted molar refractivity (Wildman–Crippen MR) is 180 cm³/mol. The molecule has 4 bridgehead atoms. The summed E-state index contributed by atoms with van der Waals surface area (Å²) in [6, 6.07) is 12.3. The van der Waals surface area contributed by atoms with E-state index >= 15 is 0 Å². The standard InChI is InChI=1S/C35H45Cl2N3O4S/c1-3-32(34(42)38-28-6-4-5-7-28)39(21-23-8-13-30(36)31(37)17-23)33(41)22-40(45(2,43)44)29-11-9-27(10-12-29)35-18-24-14-25(19-35)16-26(15-24)20-35/h8-13,17,24-26,28,32H,3-7,14-16,18-22H2,1-2H3,(H,38,42)/t24?,25?,26?,32-,35?/m0/s1. The molecule has 0 saturated heterocycles. The van der Waals surface area contributed by atoms with Gasteiger partial charge in [-0.3, -0.25) is 13.9 Å². The first-order valence-corrected chi connectivity index (χ1v) is 19.2. The maximum Gasteiger partial charge on any atom is 0.244 e. The lowest BCUT2D eigenvalue weighted by Gasteiger charge is -2.57. The molecule has 0 radical (unpaired) electrons. The van der Waals surface area contributed by atoms with Crippen molar-refractivity contribution in [3.63, 3.8) is 0 Å². The molecule has 5 aliphatic rings. The van der Waals surface area contributed by atoms with Crippen LogP contribution in [-0.2, 0) is 31.6 Å². The van der Waals surface area contributed by atoms with Gasteiger partial charge in [-0.25, -0.2) is 8.42 Å². The summed E-state index contributed by atoms with van der Waals surface area (Å²) in [5.41, 5.74) is 2.64. The zero-order valence-electron chi connectivity index (χ0n) is 26.3. The highest BCUT2D eigenvalue weighted by atomic mass is 35.5. The smallest absolute Gasteiger partial charge is 0.244 e. The largest absolute Gasteiger partial charge is 0.352 e. The maximum absolute atomic E-state index is 14.1. The van der Waals surface area contributed by atoms with Gasteiger partial charge in [0.05, 0.1) is 22.0 Å². The third-order valence-corrected chi connectivity index (χ3v) is 12.8. The highest BCUT2D eigenvalue weighted by molar-refractivity contribution is 7.92. The van der Waals surface area contributed by atoms with E-state index in [4.69, 9.17) is 23.2 Å². The van der Waals surface area contributed by atoms with E-state index in [1.165, 1.54) is 53.3 Å². The Hall–Kier alpha value is -2.29. The molecule has 0 aliphatic heterocycles. The number of benzene rings is 2. The number of hydrogen-bond acceptors (Lipinski definition) is 4. The summed E-state index contributed by atoms with van der Waals surface area (Å²) in [5, 5.41) is 3.88. The van der Waals surface area contributed by atoms with Crippen LogP contribution in [0.3, 0.4) is 0 Å². The van der Waals surface area contributed by atoms with Crippen molar-refractivity contribution in [1.82, 2.24) is 10.2 Å². The minimum Gasteiger partial charge on any atom is -0.352 e. The van der Waals surface area contributed by atoms with E-state index in [0.717, 1.165) is 49.7 Å². The van der Waals surface area contributed by atoms with Crippen molar-refractivity contribution in [3.05, 3.63) is 63.6 Å². The van der Waals surface area contributed by atoms with Crippen molar-refractivity contribution in [2.45, 2.75) is 102 Å². The number of amides is 2. The fourth-order valence-electron chi connectivity index (χ4n) is 9.18. The minimum absolute atomic E-state index is 0.0912. The first-order valence-electron chi connectivity index (χ1n) is 16.6. The third kappa shape index (κ3) is 7.03. The minimum atomic E-state index is -3.81. The quantitative estimate of drug-likeness (QED) is 0.276. The second-order valence-corrected chi connectivity index (χ2v) is 16.9. The van der Waals surface area contributed by atoms with Gasteiger partial charge in [-0.2, -0.15) is 0 Å². The SMILES string of the molecule is CC[C@@H](C(=O)NC1CCCC1)N(Cc1ccc(Cl)c(Cl)c1)C(=O)CN(c1ccc(C23CC4CC(CC(C4)C2)C3)cc1)S(C)(=O)=O. The van der Waals surface area contributed by atoms with Crippen LogP contribution in [0.15, 0.2) is 42.5 Å². The lowest BCUT2D eigenvalue weighted by Crippen LogP contribution is -2.53. The Morgan fingerprint density at radius 3 is 2.07 bits per heavy atom. The van der Waals surface area contributed by atoms with E-state index in [1.54, 1.807) is 18.2 Å². The fourth-order valence-corrected chi connectivity index (χ4v) is 10.4. The lowest BCUT2D eigenvalue weighted by atomic mass is 9.48. The third-order valence-electron chi connectivity index (χ3n) is 10.9. The molecule has 5 fully saturated rings. The summed E-state index contributed by atoms with van der Waals surface area (Å²) in [6.45, 7) is 1.55. The number of carbonyl (C=O) groups is 2. The van der Waals surface area contributed by atoms with E-state index < -0.39 is 28.5 Å².